The van der Waals surface area contributed by atoms with Crippen LogP contribution in [0.2, 0.25) is 0 Å². The minimum absolute atomic E-state index is 0.127. The van der Waals surface area contributed by atoms with E-state index in [2.05, 4.69) is 10.2 Å². The number of benzene rings is 1. The fraction of sp³-hybridized carbons (Fsp3) is 0.304. The number of hydrogen-bond acceptors (Lipinski definition) is 6. The first-order valence-electron chi connectivity index (χ1n) is 10.6. The topological polar surface area (TPSA) is 95.4 Å². The quantitative estimate of drug-likeness (QED) is 0.480. The van der Waals surface area contributed by atoms with Crippen molar-refractivity contribution in [1.82, 2.24) is 24.5 Å². The highest BCUT2D eigenvalue weighted by molar-refractivity contribution is 5.97. The summed E-state index contributed by atoms with van der Waals surface area (Å²) in [6.45, 7) is 1.72. The van der Waals surface area contributed by atoms with E-state index >= 15 is 0 Å². The van der Waals surface area contributed by atoms with Crippen LogP contribution in [-0.4, -0.2) is 50.6 Å². The number of ether oxygens (including phenoxy) is 1. The molecule has 0 spiro atoms. The molecule has 164 valence electrons. The summed E-state index contributed by atoms with van der Waals surface area (Å²) in [4.78, 5) is 27.1. The van der Waals surface area contributed by atoms with Crippen LogP contribution in [0.5, 0.6) is 5.75 Å². The van der Waals surface area contributed by atoms with Crippen LogP contribution in [-0.2, 0) is 6.54 Å². The molecule has 3 aromatic heterocycles. The molecule has 1 aliphatic rings. The van der Waals surface area contributed by atoms with Gasteiger partial charge in [-0.3, -0.25) is 9.59 Å². The molecule has 9 heteroatoms. The summed E-state index contributed by atoms with van der Waals surface area (Å²) in [5, 5.41) is 9.45. The average Bonchev–Trinajstić information content (AvgIpc) is 3.50. The van der Waals surface area contributed by atoms with Crippen LogP contribution in [0.1, 0.15) is 23.4 Å². The largest absolute Gasteiger partial charge is 0.493 e. The fourth-order valence-electron chi connectivity index (χ4n) is 4.12. The van der Waals surface area contributed by atoms with Gasteiger partial charge in [0.2, 0.25) is 0 Å². The monoisotopic (exact) mass is 433 g/mol. The Labute approximate surface area is 183 Å². The van der Waals surface area contributed by atoms with E-state index in [0.29, 0.717) is 42.5 Å². The number of furan rings is 1. The number of amides is 1. The third-order valence-corrected chi connectivity index (χ3v) is 5.86. The number of carbonyl (C=O) groups excluding carboxylic acids is 1. The van der Waals surface area contributed by atoms with Crippen LogP contribution in [0.15, 0.2) is 64.1 Å². The van der Waals surface area contributed by atoms with Gasteiger partial charge < -0.3 is 14.1 Å². The van der Waals surface area contributed by atoms with E-state index in [0.717, 1.165) is 18.2 Å². The first-order chi connectivity index (χ1) is 15.6. The molecule has 0 radical (unpaired) electrons. The van der Waals surface area contributed by atoms with E-state index in [4.69, 9.17) is 9.15 Å². The summed E-state index contributed by atoms with van der Waals surface area (Å²) in [5.41, 5.74) is 0.436. The molecule has 4 heterocycles. The lowest BCUT2D eigenvalue weighted by Crippen LogP contribution is -2.40. The van der Waals surface area contributed by atoms with Crippen LogP contribution in [0.4, 0.5) is 0 Å². The van der Waals surface area contributed by atoms with Crippen molar-refractivity contribution in [2.45, 2.75) is 19.4 Å². The van der Waals surface area contributed by atoms with Crippen LogP contribution in [0.25, 0.3) is 16.8 Å². The minimum atomic E-state index is -0.143. The highest BCUT2D eigenvalue weighted by atomic mass is 16.5. The molecule has 0 saturated carbocycles. The normalized spacial score (nSPS) is 14.7. The lowest BCUT2D eigenvalue weighted by atomic mass is 9.96. The molecule has 1 saturated heterocycles. The maximum absolute atomic E-state index is 13.0. The van der Waals surface area contributed by atoms with Gasteiger partial charge in [-0.1, -0.05) is 12.1 Å². The van der Waals surface area contributed by atoms with Crippen molar-refractivity contribution in [2.75, 3.05) is 20.2 Å². The maximum atomic E-state index is 13.0. The Bertz CT molecular complexity index is 1300. The number of likely N-dealkylation sites (tertiary alicyclic amines) is 1. The van der Waals surface area contributed by atoms with E-state index in [1.54, 1.807) is 41.2 Å². The zero-order chi connectivity index (χ0) is 22.1. The van der Waals surface area contributed by atoms with Crippen LogP contribution in [0, 0.1) is 5.92 Å². The van der Waals surface area contributed by atoms with Gasteiger partial charge in [0, 0.05) is 43.5 Å². The fourth-order valence-corrected chi connectivity index (χ4v) is 4.12. The van der Waals surface area contributed by atoms with Crippen LogP contribution in [0.3, 0.4) is 0 Å². The standard InChI is InChI=1S/C23H23N5O4/c1-31-18-5-2-4-17-14-19(32-22(17)18)23(30)26-12-8-16(9-13-26)15-28-21(29)7-6-20(25-28)27-11-3-10-24-27/h2-7,10-11,14,16H,8-9,12-13,15H2,1H3. The summed E-state index contributed by atoms with van der Waals surface area (Å²) in [5.74, 6) is 1.65. The highest BCUT2D eigenvalue weighted by Crippen LogP contribution is 2.29. The average molecular weight is 433 g/mol. The molecular weight excluding hydrogens is 410 g/mol. The summed E-state index contributed by atoms with van der Waals surface area (Å²) < 4.78 is 14.2. The van der Waals surface area contributed by atoms with E-state index in [1.807, 2.05) is 24.3 Å². The van der Waals surface area contributed by atoms with Gasteiger partial charge in [-0.05, 0) is 43.0 Å². The minimum Gasteiger partial charge on any atom is -0.493 e. The number of aromatic nitrogens is 4. The van der Waals surface area contributed by atoms with Crippen molar-refractivity contribution < 1.29 is 13.9 Å². The van der Waals surface area contributed by atoms with E-state index in [-0.39, 0.29) is 17.4 Å². The van der Waals surface area contributed by atoms with E-state index in [1.165, 1.54) is 10.7 Å². The molecule has 0 bridgehead atoms. The molecule has 32 heavy (non-hydrogen) atoms. The third-order valence-electron chi connectivity index (χ3n) is 5.86. The Morgan fingerprint density at radius 1 is 1.19 bits per heavy atom. The van der Waals surface area contributed by atoms with Crippen LogP contribution < -0.4 is 10.3 Å². The highest BCUT2D eigenvalue weighted by Gasteiger charge is 2.27. The zero-order valence-corrected chi connectivity index (χ0v) is 17.7. The lowest BCUT2D eigenvalue weighted by Gasteiger charge is -2.31. The molecule has 1 amide bonds. The van der Waals surface area contributed by atoms with Gasteiger partial charge in [-0.25, -0.2) is 9.36 Å². The number of rotatable bonds is 5. The van der Waals surface area contributed by atoms with Gasteiger partial charge >= 0.3 is 0 Å². The van der Waals surface area contributed by atoms with Crippen molar-refractivity contribution in [3.05, 3.63) is 71.0 Å². The number of para-hydroxylation sites is 1. The van der Waals surface area contributed by atoms with E-state index < -0.39 is 0 Å². The Morgan fingerprint density at radius 2 is 2.03 bits per heavy atom. The SMILES string of the molecule is COc1cccc2cc(C(=O)N3CCC(Cn4nc(-n5cccn5)ccc4=O)CC3)oc12. The number of nitrogens with zero attached hydrogens (tertiary/aromatic N) is 5. The maximum Gasteiger partial charge on any atom is 0.289 e. The Balaban J connectivity index is 1.25. The molecule has 4 aromatic rings. The number of fused-ring (bicyclic) bond motifs is 1. The third kappa shape index (κ3) is 3.77. The molecule has 1 aliphatic heterocycles. The second-order valence-corrected chi connectivity index (χ2v) is 7.89. The number of carbonyl (C=O) groups is 1. The Morgan fingerprint density at radius 3 is 2.78 bits per heavy atom. The van der Waals surface area contributed by atoms with Gasteiger partial charge in [0.15, 0.2) is 22.9 Å². The Kier molecular flexibility index (Phi) is 5.22. The van der Waals surface area contributed by atoms with Crippen molar-refractivity contribution >= 4 is 16.9 Å². The van der Waals surface area contributed by atoms with Gasteiger partial charge in [0.1, 0.15) is 0 Å². The molecule has 1 fully saturated rings. The zero-order valence-electron chi connectivity index (χ0n) is 17.7. The number of piperidine rings is 1. The van der Waals surface area contributed by atoms with Crippen molar-refractivity contribution in [1.29, 1.82) is 0 Å². The first-order valence-corrected chi connectivity index (χ1v) is 10.6. The summed E-state index contributed by atoms with van der Waals surface area (Å²) >= 11 is 0. The first kappa shape index (κ1) is 20.0. The summed E-state index contributed by atoms with van der Waals surface area (Å²) in [6, 6.07) is 12.3. The van der Waals surface area contributed by atoms with Gasteiger partial charge in [0.25, 0.3) is 11.5 Å². The predicted octanol–water partition coefficient (Wildman–Crippen LogP) is 2.74. The summed E-state index contributed by atoms with van der Waals surface area (Å²) in [7, 11) is 1.58. The molecule has 5 rings (SSSR count). The molecule has 0 aliphatic carbocycles. The van der Waals surface area contributed by atoms with Gasteiger partial charge in [0.05, 0.1) is 7.11 Å². The molecular formula is C23H23N5O4. The summed E-state index contributed by atoms with van der Waals surface area (Å²) in [6.07, 6.45) is 5.03. The Hall–Kier alpha value is -3.88. The number of methoxy groups -OCH3 is 1. The van der Waals surface area contributed by atoms with Crippen molar-refractivity contribution in [3.63, 3.8) is 0 Å². The van der Waals surface area contributed by atoms with Crippen molar-refractivity contribution in [2.24, 2.45) is 5.92 Å². The van der Waals surface area contributed by atoms with Crippen molar-refractivity contribution in [3.8, 4) is 11.6 Å². The molecule has 0 N–H and O–H groups in total. The second-order valence-electron chi connectivity index (χ2n) is 7.89. The molecule has 0 atom stereocenters. The van der Waals surface area contributed by atoms with E-state index in [9.17, 15) is 9.59 Å². The molecule has 0 unspecified atom stereocenters. The van der Waals surface area contributed by atoms with Gasteiger partial charge in [-0.2, -0.15) is 5.10 Å². The van der Waals surface area contributed by atoms with Crippen LogP contribution >= 0.6 is 0 Å². The van der Waals surface area contributed by atoms with Gasteiger partial charge in [-0.15, -0.1) is 5.10 Å². The number of hydrogen-bond donors (Lipinski definition) is 0. The molecule has 9 nitrogen and oxygen atoms in total. The molecule has 1 aromatic carbocycles. The smallest absolute Gasteiger partial charge is 0.289 e. The second kappa shape index (κ2) is 8.33. The lowest BCUT2D eigenvalue weighted by molar-refractivity contribution is 0.0651. The predicted molar refractivity (Wildman–Crippen MR) is 117 cm³/mol.